The van der Waals surface area contributed by atoms with E-state index in [0.717, 1.165) is 50.7 Å². The zero-order valence-electron chi connectivity index (χ0n) is 17.1. The predicted octanol–water partition coefficient (Wildman–Crippen LogP) is 3.37. The van der Waals surface area contributed by atoms with Gasteiger partial charge in [0.25, 0.3) is 0 Å². The fraction of sp³-hybridized carbons (Fsp3) is 0.524. The molecule has 0 spiro atoms. The quantitative estimate of drug-likeness (QED) is 0.638. The Hall–Kier alpha value is -2.20. The van der Waals surface area contributed by atoms with E-state index in [1.165, 1.54) is 12.4 Å². The van der Waals surface area contributed by atoms with Gasteiger partial charge in [0, 0.05) is 19.3 Å². The molecular weight excluding hydrogens is 431 g/mol. The molecule has 4 rings (SSSR count). The smallest absolute Gasteiger partial charge is 0.225 e. The van der Waals surface area contributed by atoms with Gasteiger partial charge < -0.3 is 9.64 Å². The van der Waals surface area contributed by atoms with Crippen molar-refractivity contribution in [3.8, 4) is 0 Å². The van der Waals surface area contributed by atoms with Crippen molar-refractivity contribution in [2.24, 2.45) is 17.8 Å². The number of halogens is 3. The lowest BCUT2D eigenvalue weighted by Crippen LogP contribution is -2.35. The summed E-state index contributed by atoms with van der Waals surface area (Å²) in [4.78, 5) is 9.23. The molecule has 0 unspecified atom stereocenters. The first kappa shape index (κ1) is 22.0. The minimum Gasteiger partial charge on any atom is -0.376 e. The highest BCUT2D eigenvalue weighted by molar-refractivity contribution is 7.90. The number of ether oxygens (including phenoxy) is 1. The van der Waals surface area contributed by atoms with Crippen molar-refractivity contribution < 1.29 is 26.3 Å². The monoisotopic (exact) mass is 455 g/mol. The number of rotatable bonds is 7. The van der Waals surface area contributed by atoms with Crippen LogP contribution >= 0.6 is 0 Å². The van der Waals surface area contributed by atoms with E-state index in [0.29, 0.717) is 30.3 Å². The van der Waals surface area contributed by atoms with Gasteiger partial charge in [-0.05, 0) is 54.7 Å². The fourth-order valence-electron chi connectivity index (χ4n) is 4.41. The Morgan fingerprint density at radius 1 is 1.10 bits per heavy atom. The SMILES string of the molecule is CS(=O)(=O)c1c(F)cc(COC[C@@H]2C[C@@H]2C2CCN(c3ncc(F)cn3)CC2)cc1F. The van der Waals surface area contributed by atoms with Gasteiger partial charge >= 0.3 is 0 Å². The van der Waals surface area contributed by atoms with E-state index in [2.05, 4.69) is 14.9 Å². The Balaban J connectivity index is 1.22. The third-order valence-corrected chi connectivity index (χ3v) is 7.17. The lowest BCUT2D eigenvalue weighted by Gasteiger charge is -2.32. The van der Waals surface area contributed by atoms with Crippen LogP contribution in [-0.4, -0.2) is 44.3 Å². The summed E-state index contributed by atoms with van der Waals surface area (Å²) in [6.45, 7) is 2.18. The lowest BCUT2D eigenvalue weighted by molar-refractivity contribution is 0.103. The molecule has 0 radical (unpaired) electrons. The maximum atomic E-state index is 14.0. The fourth-order valence-corrected chi connectivity index (χ4v) is 5.24. The highest BCUT2D eigenvalue weighted by atomic mass is 32.2. The molecule has 31 heavy (non-hydrogen) atoms. The first-order chi connectivity index (χ1) is 14.7. The molecule has 168 valence electrons. The highest BCUT2D eigenvalue weighted by Crippen LogP contribution is 2.48. The van der Waals surface area contributed by atoms with Gasteiger partial charge in [-0.25, -0.2) is 31.6 Å². The van der Waals surface area contributed by atoms with Crippen LogP contribution in [0.3, 0.4) is 0 Å². The number of hydrogen-bond donors (Lipinski definition) is 0. The summed E-state index contributed by atoms with van der Waals surface area (Å²) in [7, 11) is -3.97. The van der Waals surface area contributed by atoms with Gasteiger partial charge in [-0.1, -0.05) is 0 Å². The molecule has 0 amide bonds. The summed E-state index contributed by atoms with van der Waals surface area (Å²) >= 11 is 0. The predicted molar refractivity (Wildman–Crippen MR) is 108 cm³/mol. The first-order valence-corrected chi connectivity index (χ1v) is 12.1. The van der Waals surface area contributed by atoms with Gasteiger partial charge in [0.05, 0.1) is 25.6 Å². The molecule has 2 fully saturated rings. The van der Waals surface area contributed by atoms with E-state index in [9.17, 15) is 21.6 Å². The third kappa shape index (κ3) is 5.17. The molecule has 2 aromatic rings. The van der Waals surface area contributed by atoms with Crippen LogP contribution in [0.4, 0.5) is 19.1 Å². The average Bonchev–Trinajstić information content (AvgIpc) is 3.47. The van der Waals surface area contributed by atoms with E-state index in [-0.39, 0.29) is 12.2 Å². The number of anilines is 1. The van der Waals surface area contributed by atoms with Crippen molar-refractivity contribution in [3.63, 3.8) is 0 Å². The number of hydrogen-bond acceptors (Lipinski definition) is 6. The van der Waals surface area contributed by atoms with Gasteiger partial charge in [-0.15, -0.1) is 0 Å². The van der Waals surface area contributed by atoms with Crippen LogP contribution in [0.5, 0.6) is 0 Å². The van der Waals surface area contributed by atoms with Crippen LogP contribution in [0.15, 0.2) is 29.4 Å². The van der Waals surface area contributed by atoms with Gasteiger partial charge in [-0.3, -0.25) is 0 Å². The molecule has 1 aliphatic heterocycles. The van der Waals surface area contributed by atoms with Crippen LogP contribution < -0.4 is 4.90 Å². The molecule has 2 heterocycles. The van der Waals surface area contributed by atoms with Crippen LogP contribution in [0.1, 0.15) is 24.8 Å². The summed E-state index contributed by atoms with van der Waals surface area (Å²) in [5, 5.41) is 0. The molecule has 1 aromatic carbocycles. The second-order valence-electron chi connectivity index (χ2n) is 8.36. The standard InChI is InChI=1S/C21H24F3N3O3S/c1-31(28,29)20-18(23)6-13(7-19(20)24)11-30-12-15-8-17(15)14-2-4-27(5-3-14)21-25-9-16(22)10-26-21/h6-7,9-10,14-15,17H,2-5,8,11-12H2,1H3/t15-,17+/m0/s1. The number of nitrogens with zero attached hydrogens (tertiary/aromatic N) is 3. The molecule has 1 saturated carbocycles. The zero-order valence-corrected chi connectivity index (χ0v) is 17.9. The Labute approximate surface area is 179 Å². The molecule has 2 aliphatic rings. The second kappa shape index (κ2) is 8.74. The molecule has 0 bridgehead atoms. The van der Waals surface area contributed by atoms with Crippen LogP contribution in [0, 0.1) is 35.2 Å². The highest BCUT2D eigenvalue weighted by Gasteiger charge is 2.43. The van der Waals surface area contributed by atoms with E-state index in [4.69, 9.17) is 4.74 Å². The van der Waals surface area contributed by atoms with Gasteiger partial charge in [0.1, 0.15) is 16.5 Å². The van der Waals surface area contributed by atoms with Crippen molar-refractivity contribution in [1.82, 2.24) is 9.97 Å². The van der Waals surface area contributed by atoms with Crippen molar-refractivity contribution in [2.75, 3.05) is 30.9 Å². The molecule has 1 aromatic heterocycles. The van der Waals surface area contributed by atoms with E-state index < -0.39 is 32.2 Å². The van der Waals surface area contributed by atoms with Crippen LogP contribution in [-0.2, 0) is 21.2 Å². The summed E-state index contributed by atoms with van der Waals surface area (Å²) < 4.78 is 69.5. The normalized spacial score (nSPS) is 22.0. The van der Waals surface area contributed by atoms with Gasteiger partial charge in [-0.2, -0.15) is 0 Å². The van der Waals surface area contributed by atoms with Gasteiger partial charge in [0.15, 0.2) is 15.7 Å². The van der Waals surface area contributed by atoms with E-state index >= 15 is 0 Å². The molecule has 1 saturated heterocycles. The first-order valence-electron chi connectivity index (χ1n) is 10.2. The Morgan fingerprint density at radius 2 is 1.71 bits per heavy atom. The summed E-state index contributed by atoms with van der Waals surface area (Å²) in [6, 6.07) is 2.02. The Bertz CT molecular complexity index is 1020. The average molecular weight is 456 g/mol. The van der Waals surface area contributed by atoms with Crippen molar-refractivity contribution >= 4 is 15.8 Å². The van der Waals surface area contributed by atoms with Crippen molar-refractivity contribution in [3.05, 3.63) is 47.5 Å². The molecule has 10 heteroatoms. The van der Waals surface area contributed by atoms with Crippen molar-refractivity contribution in [1.29, 1.82) is 0 Å². The third-order valence-electron chi connectivity index (χ3n) is 6.04. The number of aromatic nitrogens is 2. The van der Waals surface area contributed by atoms with E-state index in [1.54, 1.807) is 0 Å². The van der Waals surface area contributed by atoms with Crippen LogP contribution in [0.25, 0.3) is 0 Å². The largest absolute Gasteiger partial charge is 0.376 e. The number of sulfone groups is 1. The second-order valence-corrected chi connectivity index (χ2v) is 10.3. The van der Waals surface area contributed by atoms with Crippen LogP contribution in [0.2, 0.25) is 0 Å². The maximum absolute atomic E-state index is 14.0. The topological polar surface area (TPSA) is 72.4 Å². The van der Waals surface area contributed by atoms with E-state index in [1.807, 2.05) is 0 Å². The lowest BCUT2D eigenvalue weighted by atomic mass is 9.91. The Kier molecular flexibility index (Phi) is 6.20. The molecule has 0 N–H and O–H groups in total. The maximum Gasteiger partial charge on any atom is 0.225 e. The van der Waals surface area contributed by atoms with Gasteiger partial charge in [0.2, 0.25) is 5.95 Å². The minimum absolute atomic E-state index is 0.0292. The molecule has 6 nitrogen and oxygen atoms in total. The number of benzene rings is 1. The molecule has 1 aliphatic carbocycles. The Morgan fingerprint density at radius 3 is 2.29 bits per heavy atom. The zero-order chi connectivity index (χ0) is 22.2. The summed E-state index contributed by atoms with van der Waals surface area (Å²) in [5.41, 5.74) is 0.271. The minimum atomic E-state index is -3.97. The van der Waals surface area contributed by atoms with Crippen molar-refractivity contribution in [2.45, 2.75) is 30.8 Å². The molecular formula is C21H24F3N3O3S. The number of piperidine rings is 1. The molecule has 2 atom stereocenters. The summed E-state index contributed by atoms with van der Waals surface area (Å²) in [5.74, 6) is -0.520. The summed E-state index contributed by atoms with van der Waals surface area (Å²) in [6.07, 6.45) is 6.20.